The molecule has 0 bridgehead atoms. The highest BCUT2D eigenvalue weighted by atomic mass is 35.5. The van der Waals surface area contributed by atoms with Crippen LogP contribution in [0.4, 0.5) is 5.69 Å². The van der Waals surface area contributed by atoms with Crippen LogP contribution in [0.2, 0.25) is 10.0 Å². The molecule has 2 rings (SSSR count). The maximum Gasteiger partial charge on any atom is 0.305 e. The Balaban J connectivity index is 2.52. The maximum absolute atomic E-state index is 13.1. The predicted octanol–water partition coefficient (Wildman–Crippen LogP) is 4.79. The standard InChI is InChI=1S/C18H19Cl2NO4S/c1-12(2)13-3-6-15(7-4-13)21(10-9-18(22)23)26(24,25)17-11-14(19)5-8-16(17)20/h3-8,11-12H,9-10H2,1-2H3,(H,22,23). The van der Waals surface area contributed by atoms with Crippen LogP contribution in [0.5, 0.6) is 0 Å². The lowest BCUT2D eigenvalue weighted by Gasteiger charge is -2.25. The Kier molecular flexibility index (Phi) is 6.55. The molecule has 0 saturated carbocycles. The minimum absolute atomic E-state index is 0.0218. The Hall–Kier alpha value is -1.76. The van der Waals surface area contributed by atoms with Gasteiger partial charge in [-0.15, -0.1) is 0 Å². The molecular formula is C18H19Cl2NO4S. The average Bonchev–Trinajstić information content (AvgIpc) is 2.57. The van der Waals surface area contributed by atoms with E-state index in [0.29, 0.717) is 5.69 Å². The Labute approximate surface area is 163 Å². The largest absolute Gasteiger partial charge is 0.481 e. The maximum atomic E-state index is 13.1. The van der Waals surface area contributed by atoms with Crippen LogP contribution in [0.3, 0.4) is 0 Å². The van der Waals surface area contributed by atoms with E-state index < -0.39 is 16.0 Å². The molecule has 2 aromatic rings. The van der Waals surface area contributed by atoms with Crippen LogP contribution in [-0.4, -0.2) is 26.0 Å². The van der Waals surface area contributed by atoms with E-state index in [1.165, 1.54) is 18.2 Å². The fraction of sp³-hybridized carbons (Fsp3) is 0.278. The van der Waals surface area contributed by atoms with Crippen molar-refractivity contribution in [1.29, 1.82) is 0 Å². The van der Waals surface area contributed by atoms with Crippen LogP contribution in [0.1, 0.15) is 31.7 Å². The number of hydrogen-bond donors (Lipinski definition) is 1. The number of carboxylic acids is 1. The van der Waals surface area contributed by atoms with Gasteiger partial charge in [-0.25, -0.2) is 8.42 Å². The summed E-state index contributed by atoms with van der Waals surface area (Å²) in [5.74, 6) is -0.809. The summed E-state index contributed by atoms with van der Waals surface area (Å²) in [6.07, 6.45) is -0.344. The normalized spacial score (nSPS) is 11.6. The highest BCUT2D eigenvalue weighted by molar-refractivity contribution is 7.93. The Morgan fingerprint density at radius 1 is 1.12 bits per heavy atom. The molecule has 0 heterocycles. The summed E-state index contributed by atoms with van der Waals surface area (Å²) in [4.78, 5) is 10.8. The van der Waals surface area contributed by atoms with E-state index in [2.05, 4.69) is 0 Å². The van der Waals surface area contributed by atoms with Gasteiger partial charge in [-0.2, -0.15) is 0 Å². The Bertz CT molecular complexity index is 896. The van der Waals surface area contributed by atoms with E-state index >= 15 is 0 Å². The lowest BCUT2D eigenvalue weighted by atomic mass is 10.0. The summed E-state index contributed by atoms with van der Waals surface area (Å²) in [6.45, 7) is 3.83. The quantitative estimate of drug-likeness (QED) is 0.705. The monoisotopic (exact) mass is 415 g/mol. The Morgan fingerprint density at radius 3 is 2.27 bits per heavy atom. The van der Waals surface area contributed by atoms with Crippen molar-refractivity contribution in [3.05, 3.63) is 58.1 Å². The van der Waals surface area contributed by atoms with Crippen LogP contribution < -0.4 is 4.31 Å². The van der Waals surface area contributed by atoms with Gasteiger partial charge in [0.2, 0.25) is 0 Å². The molecule has 0 aliphatic rings. The van der Waals surface area contributed by atoms with Crippen LogP contribution >= 0.6 is 23.2 Å². The van der Waals surface area contributed by atoms with E-state index in [1.807, 2.05) is 26.0 Å². The van der Waals surface area contributed by atoms with Crippen LogP contribution in [0.15, 0.2) is 47.4 Å². The minimum Gasteiger partial charge on any atom is -0.481 e. The van der Waals surface area contributed by atoms with E-state index in [1.54, 1.807) is 12.1 Å². The van der Waals surface area contributed by atoms with Crippen molar-refractivity contribution in [2.75, 3.05) is 10.8 Å². The summed E-state index contributed by atoms with van der Waals surface area (Å²) < 4.78 is 27.3. The smallest absolute Gasteiger partial charge is 0.305 e. The first-order chi connectivity index (χ1) is 12.1. The van der Waals surface area contributed by atoms with Crippen molar-refractivity contribution in [3.63, 3.8) is 0 Å². The number of anilines is 1. The van der Waals surface area contributed by atoms with E-state index in [4.69, 9.17) is 28.3 Å². The number of hydrogen-bond acceptors (Lipinski definition) is 3. The first-order valence-electron chi connectivity index (χ1n) is 7.92. The van der Waals surface area contributed by atoms with Gasteiger partial charge in [0.1, 0.15) is 4.90 Å². The molecule has 0 fully saturated rings. The van der Waals surface area contributed by atoms with Gasteiger partial charge in [0.25, 0.3) is 10.0 Å². The molecule has 0 saturated heterocycles. The molecule has 26 heavy (non-hydrogen) atoms. The van der Waals surface area contributed by atoms with Crippen molar-refractivity contribution in [3.8, 4) is 0 Å². The number of carbonyl (C=O) groups is 1. The fourth-order valence-electron chi connectivity index (χ4n) is 2.40. The summed E-state index contributed by atoms with van der Waals surface area (Å²) in [7, 11) is -4.08. The first-order valence-corrected chi connectivity index (χ1v) is 10.1. The number of benzene rings is 2. The van der Waals surface area contributed by atoms with Gasteiger partial charge < -0.3 is 5.11 Å². The van der Waals surface area contributed by atoms with Gasteiger partial charge in [0.15, 0.2) is 0 Å². The van der Waals surface area contributed by atoms with E-state index in [-0.39, 0.29) is 33.8 Å². The third-order valence-corrected chi connectivity index (χ3v) is 6.38. The highest BCUT2D eigenvalue weighted by Crippen LogP contribution is 2.31. The molecule has 8 heteroatoms. The molecule has 0 unspecified atom stereocenters. The second kappa shape index (κ2) is 8.29. The third kappa shape index (κ3) is 4.69. The van der Waals surface area contributed by atoms with Crippen LogP contribution in [0, 0.1) is 0 Å². The molecule has 0 radical (unpaired) electrons. The van der Waals surface area contributed by atoms with Crippen molar-refractivity contribution in [1.82, 2.24) is 0 Å². The zero-order valence-electron chi connectivity index (χ0n) is 14.3. The fourth-order valence-corrected chi connectivity index (χ4v) is 4.61. The van der Waals surface area contributed by atoms with Gasteiger partial charge in [-0.05, 0) is 41.8 Å². The topological polar surface area (TPSA) is 74.7 Å². The summed E-state index contributed by atoms with van der Waals surface area (Å²) in [5.41, 5.74) is 1.41. The van der Waals surface area contributed by atoms with Gasteiger partial charge >= 0.3 is 5.97 Å². The lowest BCUT2D eigenvalue weighted by molar-refractivity contribution is -0.136. The third-order valence-electron chi connectivity index (χ3n) is 3.84. The minimum atomic E-state index is -4.08. The molecule has 0 aromatic heterocycles. The SMILES string of the molecule is CC(C)c1ccc(N(CCC(=O)O)S(=O)(=O)c2cc(Cl)ccc2Cl)cc1. The second-order valence-electron chi connectivity index (χ2n) is 6.04. The molecule has 0 spiro atoms. The van der Waals surface area contributed by atoms with E-state index in [9.17, 15) is 13.2 Å². The number of halogens is 2. The van der Waals surface area contributed by atoms with Gasteiger partial charge in [0, 0.05) is 11.6 Å². The summed E-state index contributed by atoms with van der Waals surface area (Å²) in [6, 6.07) is 11.1. The van der Waals surface area contributed by atoms with Crippen LogP contribution in [-0.2, 0) is 14.8 Å². The zero-order valence-corrected chi connectivity index (χ0v) is 16.6. The summed E-state index contributed by atoms with van der Waals surface area (Å²) >= 11 is 12.0. The van der Waals surface area contributed by atoms with Crippen molar-refractivity contribution in [2.45, 2.75) is 31.1 Å². The van der Waals surface area contributed by atoms with Gasteiger partial charge in [-0.1, -0.05) is 49.2 Å². The van der Waals surface area contributed by atoms with Gasteiger partial charge in [-0.3, -0.25) is 9.10 Å². The molecule has 0 amide bonds. The van der Waals surface area contributed by atoms with Crippen molar-refractivity contribution >= 4 is 44.9 Å². The number of sulfonamides is 1. The summed E-state index contributed by atoms with van der Waals surface area (Å²) in [5, 5.41) is 9.24. The zero-order chi connectivity index (χ0) is 19.5. The number of aliphatic carboxylic acids is 1. The lowest BCUT2D eigenvalue weighted by Crippen LogP contribution is -2.33. The number of nitrogens with zero attached hydrogens (tertiary/aromatic N) is 1. The molecule has 2 aromatic carbocycles. The predicted molar refractivity (Wildman–Crippen MR) is 104 cm³/mol. The molecule has 1 N–H and O–H groups in total. The van der Waals surface area contributed by atoms with Crippen LogP contribution in [0.25, 0.3) is 0 Å². The van der Waals surface area contributed by atoms with Crippen molar-refractivity contribution < 1.29 is 18.3 Å². The Morgan fingerprint density at radius 2 is 1.73 bits per heavy atom. The number of carboxylic acid groups (broad SMARTS) is 1. The second-order valence-corrected chi connectivity index (χ2v) is 8.72. The molecule has 0 aliphatic carbocycles. The van der Waals surface area contributed by atoms with Crippen molar-refractivity contribution in [2.24, 2.45) is 0 Å². The molecule has 5 nitrogen and oxygen atoms in total. The van der Waals surface area contributed by atoms with E-state index in [0.717, 1.165) is 9.87 Å². The molecule has 140 valence electrons. The average molecular weight is 416 g/mol. The number of rotatable bonds is 7. The molecule has 0 aliphatic heterocycles. The highest BCUT2D eigenvalue weighted by Gasteiger charge is 2.28. The molecule has 0 atom stereocenters. The molecular weight excluding hydrogens is 397 g/mol. The van der Waals surface area contributed by atoms with Gasteiger partial charge in [0.05, 0.1) is 17.1 Å². The first kappa shape index (κ1) is 20.6.